The van der Waals surface area contributed by atoms with Crippen LogP contribution in [0.25, 0.3) is 0 Å². The lowest BCUT2D eigenvalue weighted by Gasteiger charge is -2.30. The topological polar surface area (TPSA) is 58.4 Å². The van der Waals surface area contributed by atoms with Crippen molar-refractivity contribution >= 4 is 23.5 Å². The molecule has 1 N–H and O–H groups in total. The Labute approximate surface area is 98.2 Å². The van der Waals surface area contributed by atoms with Gasteiger partial charge in [0.25, 0.3) is 5.69 Å². The van der Waals surface area contributed by atoms with E-state index in [9.17, 15) is 10.1 Å². The van der Waals surface area contributed by atoms with Gasteiger partial charge in [0, 0.05) is 36.9 Å². The predicted octanol–water partition coefficient (Wildman–Crippen LogP) is 2.79. The first-order chi connectivity index (χ1) is 7.58. The number of nitro benzene ring substituents is 1. The van der Waals surface area contributed by atoms with Crippen LogP contribution in [-0.4, -0.2) is 15.3 Å². The lowest BCUT2D eigenvalue weighted by molar-refractivity contribution is -0.384. The van der Waals surface area contributed by atoms with Crippen molar-refractivity contribution in [2.45, 2.75) is 26.4 Å². The highest BCUT2D eigenvalue weighted by molar-refractivity contribution is 7.98. The van der Waals surface area contributed by atoms with Crippen molar-refractivity contribution in [3.63, 3.8) is 0 Å². The number of nitro groups is 1. The lowest BCUT2D eigenvalue weighted by atomic mass is 10.1. The molecule has 0 aliphatic carbocycles. The van der Waals surface area contributed by atoms with Gasteiger partial charge in [0.1, 0.15) is 0 Å². The number of benzene rings is 1. The molecular formula is C10H13N3O2S. The van der Waals surface area contributed by atoms with Crippen molar-refractivity contribution in [2.24, 2.45) is 0 Å². The van der Waals surface area contributed by atoms with Crippen LogP contribution in [0, 0.1) is 10.1 Å². The molecule has 0 bridgehead atoms. The molecule has 1 aliphatic rings. The van der Waals surface area contributed by atoms with Gasteiger partial charge in [-0.25, -0.2) is 4.31 Å². The lowest BCUT2D eigenvalue weighted by Crippen LogP contribution is -2.28. The van der Waals surface area contributed by atoms with Gasteiger partial charge >= 0.3 is 0 Å². The predicted molar refractivity (Wildman–Crippen MR) is 65.0 cm³/mol. The molecule has 16 heavy (non-hydrogen) atoms. The Balaban J connectivity index is 2.28. The SMILES string of the molecule is CC(C)N1Cc2cc([N+](=O)[O-])ccc2NS1. The maximum atomic E-state index is 10.7. The van der Waals surface area contributed by atoms with Crippen LogP contribution >= 0.6 is 12.1 Å². The Morgan fingerprint density at radius 3 is 2.94 bits per heavy atom. The average molecular weight is 239 g/mol. The van der Waals surface area contributed by atoms with E-state index in [1.54, 1.807) is 24.3 Å². The van der Waals surface area contributed by atoms with E-state index in [0.717, 1.165) is 17.8 Å². The first kappa shape index (κ1) is 11.2. The third kappa shape index (κ3) is 2.12. The van der Waals surface area contributed by atoms with Crippen LogP contribution in [0.15, 0.2) is 18.2 Å². The first-order valence-corrected chi connectivity index (χ1v) is 5.82. The molecule has 0 aromatic heterocycles. The van der Waals surface area contributed by atoms with Crippen LogP contribution in [0.4, 0.5) is 11.4 Å². The van der Waals surface area contributed by atoms with Crippen molar-refractivity contribution in [3.8, 4) is 0 Å². The Morgan fingerprint density at radius 2 is 2.31 bits per heavy atom. The average Bonchev–Trinajstić information content (AvgIpc) is 2.27. The van der Waals surface area contributed by atoms with Gasteiger partial charge in [0.15, 0.2) is 0 Å². The number of non-ortho nitro benzene ring substituents is 1. The van der Waals surface area contributed by atoms with E-state index in [4.69, 9.17) is 0 Å². The summed E-state index contributed by atoms with van der Waals surface area (Å²) in [7, 11) is 0. The summed E-state index contributed by atoms with van der Waals surface area (Å²) in [6.45, 7) is 4.92. The summed E-state index contributed by atoms with van der Waals surface area (Å²) >= 11 is 1.54. The van der Waals surface area contributed by atoms with E-state index < -0.39 is 0 Å². The minimum atomic E-state index is -0.359. The highest BCUT2D eigenvalue weighted by Gasteiger charge is 2.21. The molecule has 0 spiro atoms. The van der Waals surface area contributed by atoms with Crippen LogP contribution in [0.2, 0.25) is 0 Å². The number of nitrogens with zero attached hydrogens (tertiary/aromatic N) is 2. The molecule has 0 saturated carbocycles. The molecule has 0 atom stereocenters. The maximum absolute atomic E-state index is 10.7. The number of anilines is 1. The van der Waals surface area contributed by atoms with E-state index in [-0.39, 0.29) is 10.6 Å². The summed E-state index contributed by atoms with van der Waals surface area (Å²) in [5.74, 6) is 0. The summed E-state index contributed by atoms with van der Waals surface area (Å²) in [6, 6.07) is 5.32. The van der Waals surface area contributed by atoms with Gasteiger partial charge in [-0.15, -0.1) is 0 Å². The van der Waals surface area contributed by atoms with Crippen LogP contribution in [-0.2, 0) is 6.54 Å². The second-order valence-electron chi connectivity index (χ2n) is 3.96. The molecule has 86 valence electrons. The largest absolute Gasteiger partial charge is 0.316 e. The fraction of sp³-hybridized carbons (Fsp3) is 0.400. The van der Waals surface area contributed by atoms with Crippen LogP contribution in [0.5, 0.6) is 0 Å². The van der Waals surface area contributed by atoms with Crippen molar-refractivity contribution in [3.05, 3.63) is 33.9 Å². The molecule has 5 nitrogen and oxygen atoms in total. The normalized spacial score (nSPS) is 15.7. The summed E-state index contributed by atoms with van der Waals surface area (Å²) in [5, 5.41) is 10.7. The molecule has 1 aromatic carbocycles. The van der Waals surface area contributed by atoms with E-state index in [1.165, 1.54) is 6.07 Å². The molecule has 2 rings (SSSR count). The number of hydrogen-bond acceptors (Lipinski definition) is 5. The number of rotatable bonds is 2. The zero-order chi connectivity index (χ0) is 11.7. The quantitative estimate of drug-likeness (QED) is 0.488. The fourth-order valence-corrected chi connectivity index (χ4v) is 2.35. The second-order valence-corrected chi connectivity index (χ2v) is 4.82. The van der Waals surface area contributed by atoms with Gasteiger partial charge in [0.2, 0.25) is 0 Å². The van der Waals surface area contributed by atoms with Crippen molar-refractivity contribution < 1.29 is 4.92 Å². The molecule has 1 heterocycles. The molecule has 0 unspecified atom stereocenters. The zero-order valence-corrected chi connectivity index (χ0v) is 9.95. The maximum Gasteiger partial charge on any atom is 0.269 e. The number of hydrogen-bond donors (Lipinski definition) is 1. The zero-order valence-electron chi connectivity index (χ0n) is 9.14. The summed E-state index contributed by atoms with van der Waals surface area (Å²) in [5.41, 5.74) is 2.09. The summed E-state index contributed by atoms with van der Waals surface area (Å²) in [6.07, 6.45) is 0. The Bertz CT molecular complexity index is 423. The smallest absolute Gasteiger partial charge is 0.269 e. The van der Waals surface area contributed by atoms with Crippen LogP contribution in [0.3, 0.4) is 0 Å². The third-order valence-corrected chi connectivity index (χ3v) is 3.57. The Kier molecular flexibility index (Phi) is 3.02. The van der Waals surface area contributed by atoms with Crippen molar-refractivity contribution in [1.82, 2.24) is 4.31 Å². The van der Waals surface area contributed by atoms with Gasteiger partial charge in [0.05, 0.1) is 10.6 Å². The summed E-state index contributed by atoms with van der Waals surface area (Å²) in [4.78, 5) is 10.3. The minimum absolute atomic E-state index is 0.149. The molecule has 0 amide bonds. The van der Waals surface area contributed by atoms with Gasteiger partial charge in [-0.3, -0.25) is 10.1 Å². The molecule has 0 fully saturated rings. The molecule has 0 radical (unpaired) electrons. The van der Waals surface area contributed by atoms with Gasteiger partial charge < -0.3 is 4.72 Å². The van der Waals surface area contributed by atoms with Gasteiger partial charge in [-0.2, -0.15) is 0 Å². The van der Waals surface area contributed by atoms with E-state index in [0.29, 0.717) is 6.04 Å². The minimum Gasteiger partial charge on any atom is -0.316 e. The highest BCUT2D eigenvalue weighted by Crippen LogP contribution is 2.33. The van der Waals surface area contributed by atoms with E-state index in [1.807, 2.05) is 0 Å². The number of fused-ring (bicyclic) bond motifs is 1. The third-order valence-electron chi connectivity index (χ3n) is 2.47. The number of nitrogens with one attached hydrogen (secondary N) is 1. The molecule has 1 aliphatic heterocycles. The van der Waals surface area contributed by atoms with E-state index >= 15 is 0 Å². The van der Waals surface area contributed by atoms with Crippen molar-refractivity contribution in [1.29, 1.82) is 0 Å². The standard InChI is InChI=1S/C10H13N3O2S/c1-7(2)12-6-8-5-9(13(14)15)3-4-10(8)11-16-12/h3-5,7,11H,6H2,1-2H3. The summed E-state index contributed by atoms with van der Waals surface area (Å²) < 4.78 is 5.33. The first-order valence-electron chi connectivity index (χ1n) is 5.05. The van der Waals surface area contributed by atoms with Crippen LogP contribution in [0.1, 0.15) is 19.4 Å². The van der Waals surface area contributed by atoms with Crippen LogP contribution < -0.4 is 4.72 Å². The second kappa shape index (κ2) is 4.31. The van der Waals surface area contributed by atoms with Gasteiger partial charge in [-0.1, -0.05) is 0 Å². The Morgan fingerprint density at radius 1 is 1.56 bits per heavy atom. The van der Waals surface area contributed by atoms with E-state index in [2.05, 4.69) is 22.9 Å². The fourth-order valence-electron chi connectivity index (χ4n) is 1.52. The Hall–Kier alpha value is -1.27. The van der Waals surface area contributed by atoms with Gasteiger partial charge in [-0.05, 0) is 25.5 Å². The molecular weight excluding hydrogens is 226 g/mol. The molecule has 0 saturated heterocycles. The molecule has 6 heteroatoms. The highest BCUT2D eigenvalue weighted by atomic mass is 32.2. The van der Waals surface area contributed by atoms with Crippen molar-refractivity contribution in [2.75, 3.05) is 4.72 Å². The monoisotopic (exact) mass is 239 g/mol. The molecule has 1 aromatic rings.